The summed E-state index contributed by atoms with van der Waals surface area (Å²) in [5, 5.41) is 57.6. The van der Waals surface area contributed by atoms with E-state index in [1.807, 2.05) is 0 Å². The third-order valence-electron chi connectivity index (χ3n) is 2.72. The van der Waals surface area contributed by atoms with Crippen molar-refractivity contribution in [1.82, 2.24) is 0 Å². The second kappa shape index (κ2) is 3.85. The highest BCUT2D eigenvalue weighted by molar-refractivity contribution is 6.34. The Morgan fingerprint density at radius 3 is 2.00 bits per heavy atom. The molecule has 10 heteroatoms. The molecule has 0 aliphatic heterocycles. The van der Waals surface area contributed by atoms with Gasteiger partial charge >= 0.3 is 11.7 Å². The molecule has 0 fully saturated rings. The zero-order valence-electron chi connectivity index (χ0n) is 9.32. The second-order valence-corrected chi connectivity index (χ2v) is 3.76. The van der Waals surface area contributed by atoms with Gasteiger partial charge in [-0.2, -0.15) is 0 Å². The van der Waals surface area contributed by atoms with E-state index in [-0.39, 0.29) is 0 Å². The molecule has 0 saturated heterocycles. The van der Waals surface area contributed by atoms with Gasteiger partial charge in [0.2, 0.25) is 17.3 Å². The average molecular weight is 283 g/mol. The fourth-order valence-electron chi connectivity index (χ4n) is 1.88. The third kappa shape index (κ3) is 1.38. The van der Waals surface area contributed by atoms with Crippen LogP contribution in [0.25, 0.3) is 5.76 Å². The number of aliphatic carboxylic acids is 1. The van der Waals surface area contributed by atoms with Gasteiger partial charge in [0.05, 0.1) is 16.1 Å². The number of phenols is 3. The standard InChI is InChI=1S/C10H5NO9/c12-5-1-2(6(13)3(5)10(17)18)8(15)9(16)4(7(1)14)11(19)20/h12,14-16H,(H,17,18). The molecular weight excluding hydrogens is 278 g/mol. The molecule has 0 bridgehead atoms. The molecule has 0 saturated carbocycles. The van der Waals surface area contributed by atoms with Gasteiger partial charge in [0, 0.05) is 0 Å². The van der Waals surface area contributed by atoms with Crippen molar-refractivity contribution in [2.24, 2.45) is 0 Å². The number of ketones is 1. The number of nitro benzene ring substituents is 1. The molecule has 1 aromatic carbocycles. The molecule has 5 N–H and O–H groups in total. The summed E-state index contributed by atoms with van der Waals surface area (Å²) in [7, 11) is 0. The van der Waals surface area contributed by atoms with E-state index in [0.29, 0.717) is 0 Å². The number of fused-ring (bicyclic) bond motifs is 1. The zero-order valence-corrected chi connectivity index (χ0v) is 9.32. The Labute approximate surface area is 108 Å². The van der Waals surface area contributed by atoms with Crippen LogP contribution >= 0.6 is 0 Å². The Bertz CT molecular complexity index is 731. The minimum Gasteiger partial charge on any atom is -0.506 e. The number of rotatable bonds is 2. The summed E-state index contributed by atoms with van der Waals surface area (Å²) in [4.78, 5) is 31.9. The lowest BCUT2D eigenvalue weighted by Crippen LogP contribution is -2.09. The van der Waals surface area contributed by atoms with E-state index >= 15 is 0 Å². The number of carboxylic acids is 1. The van der Waals surface area contributed by atoms with Gasteiger partial charge in [-0.15, -0.1) is 0 Å². The maximum atomic E-state index is 11.7. The minimum atomic E-state index is -1.86. The number of carboxylic acid groups (broad SMARTS) is 1. The zero-order chi connectivity index (χ0) is 15.4. The largest absolute Gasteiger partial charge is 0.506 e. The summed E-state index contributed by atoms with van der Waals surface area (Å²) < 4.78 is 0. The maximum Gasteiger partial charge on any atom is 0.356 e. The van der Waals surface area contributed by atoms with Gasteiger partial charge in [0.1, 0.15) is 11.3 Å². The van der Waals surface area contributed by atoms with Crippen LogP contribution in [0.1, 0.15) is 15.9 Å². The first-order valence-electron chi connectivity index (χ1n) is 4.87. The van der Waals surface area contributed by atoms with Crippen LogP contribution in [-0.2, 0) is 4.79 Å². The number of aliphatic hydroxyl groups is 1. The van der Waals surface area contributed by atoms with Gasteiger partial charge in [-0.3, -0.25) is 14.9 Å². The Kier molecular flexibility index (Phi) is 2.53. The number of Topliss-reactive ketones (excluding diaryl/α,β-unsaturated/α-hetero) is 1. The highest BCUT2D eigenvalue weighted by Gasteiger charge is 2.44. The molecule has 0 heterocycles. The van der Waals surface area contributed by atoms with Crippen molar-refractivity contribution in [2.45, 2.75) is 0 Å². The molecule has 20 heavy (non-hydrogen) atoms. The Balaban J connectivity index is 2.95. The van der Waals surface area contributed by atoms with Gasteiger partial charge < -0.3 is 25.5 Å². The number of benzene rings is 1. The predicted octanol–water partition coefficient (Wildman–Crippen LogP) is 0.262. The molecule has 1 aromatic rings. The van der Waals surface area contributed by atoms with Crippen molar-refractivity contribution < 1.29 is 40.0 Å². The first-order valence-corrected chi connectivity index (χ1v) is 4.87. The Morgan fingerprint density at radius 1 is 1.00 bits per heavy atom. The molecule has 0 aromatic heterocycles. The SMILES string of the molecule is O=C(O)C1=C(O)c2c(O)c([N+](=O)[O-])c(O)c(O)c2C1=O. The molecule has 0 atom stereocenters. The molecule has 2 rings (SSSR count). The number of phenolic OH excluding ortho intramolecular Hbond substituents is 3. The number of carbonyl (C=O) groups is 2. The summed E-state index contributed by atoms with van der Waals surface area (Å²) in [5.74, 6) is -8.49. The maximum absolute atomic E-state index is 11.7. The smallest absolute Gasteiger partial charge is 0.356 e. The fourth-order valence-corrected chi connectivity index (χ4v) is 1.88. The quantitative estimate of drug-likeness (QED) is 0.167. The summed E-state index contributed by atoms with van der Waals surface area (Å²) in [5.41, 5.74) is -4.35. The second-order valence-electron chi connectivity index (χ2n) is 3.76. The van der Waals surface area contributed by atoms with E-state index in [1.165, 1.54) is 0 Å². The van der Waals surface area contributed by atoms with Crippen molar-refractivity contribution >= 4 is 23.2 Å². The first kappa shape index (κ1) is 13.1. The van der Waals surface area contributed by atoms with Crippen molar-refractivity contribution in [2.75, 3.05) is 0 Å². The monoisotopic (exact) mass is 283 g/mol. The average Bonchev–Trinajstić information content (AvgIpc) is 2.58. The van der Waals surface area contributed by atoms with Crippen molar-refractivity contribution in [1.29, 1.82) is 0 Å². The number of hydrogen-bond acceptors (Lipinski definition) is 8. The van der Waals surface area contributed by atoms with Crippen molar-refractivity contribution in [3.63, 3.8) is 0 Å². The highest BCUT2D eigenvalue weighted by atomic mass is 16.6. The van der Waals surface area contributed by atoms with Gasteiger partial charge in [-0.1, -0.05) is 0 Å². The first-order chi connectivity index (χ1) is 9.20. The van der Waals surface area contributed by atoms with E-state index in [2.05, 4.69) is 0 Å². The van der Waals surface area contributed by atoms with E-state index in [1.54, 1.807) is 0 Å². The lowest BCUT2D eigenvalue weighted by atomic mass is 10.0. The van der Waals surface area contributed by atoms with Crippen LogP contribution in [0.2, 0.25) is 0 Å². The van der Waals surface area contributed by atoms with Crippen LogP contribution in [-0.4, -0.2) is 42.2 Å². The lowest BCUT2D eigenvalue weighted by molar-refractivity contribution is -0.387. The Hall–Kier alpha value is -3.30. The molecule has 0 unspecified atom stereocenters. The van der Waals surface area contributed by atoms with Crippen molar-refractivity contribution in [3.05, 3.63) is 26.8 Å². The molecule has 10 nitrogen and oxygen atoms in total. The molecule has 0 radical (unpaired) electrons. The lowest BCUT2D eigenvalue weighted by Gasteiger charge is -2.07. The topological polar surface area (TPSA) is 178 Å². The summed E-state index contributed by atoms with van der Waals surface area (Å²) in [6.45, 7) is 0. The molecule has 1 aliphatic rings. The van der Waals surface area contributed by atoms with E-state index in [9.17, 15) is 40.1 Å². The van der Waals surface area contributed by atoms with E-state index < -0.39 is 62.1 Å². The summed E-state index contributed by atoms with van der Waals surface area (Å²) >= 11 is 0. The minimum absolute atomic E-state index is 0.908. The predicted molar refractivity (Wildman–Crippen MR) is 59.6 cm³/mol. The van der Waals surface area contributed by atoms with Crippen LogP contribution in [0, 0.1) is 10.1 Å². The van der Waals surface area contributed by atoms with Crippen LogP contribution < -0.4 is 0 Å². The number of carbonyl (C=O) groups excluding carboxylic acids is 1. The van der Waals surface area contributed by atoms with Crippen LogP contribution in [0.5, 0.6) is 17.2 Å². The molecule has 0 amide bonds. The fraction of sp³-hybridized carbons (Fsp3) is 0. The third-order valence-corrected chi connectivity index (χ3v) is 2.72. The number of aliphatic hydroxyl groups excluding tert-OH is 1. The molecule has 0 spiro atoms. The van der Waals surface area contributed by atoms with Crippen LogP contribution in [0.4, 0.5) is 5.69 Å². The van der Waals surface area contributed by atoms with Crippen LogP contribution in [0.15, 0.2) is 5.57 Å². The number of nitrogens with zero attached hydrogens (tertiary/aromatic N) is 1. The Morgan fingerprint density at radius 2 is 1.55 bits per heavy atom. The van der Waals surface area contributed by atoms with Gasteiger partial charge in [0.25, 0.3) is 0 Å². The number of aromatic hydroxyl groups is 3. The van der Waals surface area contributed by atoms with Gasteiger partial charge in [0.15, 0.2) is 5.75 Å². The number of hydrogen-bond donors (Lipinski definition) is 5. The van der Waals surface area contributed by atoms with Gasteiger partial charge in [-0.25, -0.2) is 4.79 Å². The normalized spacial score (nSPS) is 13.5. The molecule has 1 aliphatic carbocycles. The van der Waals surface area contributed by atoms with E-state index in [4.69, 9.17) is 5.11 Å². The van der Waals surface area contributed by atoms with Crippen molar-refractivity contribution in [3.8, 4) is 17.2 Å². The molecular formula is C10H5NO9. The highest BCUT2D eigenvalue weighted by Crippen LogP contribution is 2.52. The summed E-state index contributed by atoms with van der Waals surface area (Å²) in [6.07, 6.45) is 0. The van der Waals surface area contributed by atoms with Gasteiger partial charge in [-0.05, 0) is 0 Å². The molecule has 104 valence electrons. The summed E-state index contributed by atoms with van der Waals surface area (Å²) in [6, 6.07) is 0. The number of nitro groups is 1. The van der Waals surface area contributed by atoms with E-state index in [0.717, 1.165) is 0 Å². The van der Waals surface area contributed by atoms with Crippen LogP contribution in [0.3, 0.4) is 0 Å².